The summed E-state index contributed by atoms with van der Waals surface area (Å²) in [7, 11) is 1.67. The summed E-state index contributed by atoms with van der Waals surface area (Å²) < 4.78 is 5.44. The average Bonchev–Trinajstić information content (AvgIpc) is 2.85. The summed E-state index contributed by atoms with van der Waals surface area (Å²) in [6, 6.07) is 14.7. The standard InChI is InChI=1S/C27H34N4O3/c1-5-30(6-2)17-7-8-20(3)28-27-18-22(29-26-16-15-24(34-4)19-25(26)27)12-9-21-10-13-23(14-11-21)31(32)33/h9-16,18-20H,5-8,17H2,1-4H3,(H,28,29)/b12-9+. The molecule has 0 radical (unpaired) electrons. The number of pyridine rings is 1. The number of nitro groups is 1. The lowest BCUT2D eigenvalue weighted by Gasteiger charge is -2.21. The van der Waals surface area contributed by atoms with Gasteiger partial charge >= 0.3 is 0 Å². The van der Waals surface area contributed by atoms with E-state index in [1.165, 1.54) is 12.1 Å². The Labute approximate surface area is 201 Å². The minimum Gasteiger partial charge on any atom is -0.497 e. The Balaban J connectivity index is 1.82. The normalized spacial score (nSPS) is 12.4. The molecular weight excluding hydrogens is 428 g/mol. The molecule has 7 heteroatoms. The fourth-order valence-electron chi connectivity index (χ4n) is 3.94. The summed E-state index contributed by atoms with van der Waals surface area (Å²) in [5.41, 5.74) is 3.67. The molecule has 0 fully saturated rings. The molecule has 180 valence electrons. The molecule has 3 aromatic rings. The number of hydrogen-bond donors (Lipinski definition) is 1. The molecule has 34 heavy (non-hydrogen) atoms. The van der Waals surface area contributed by atoms with E-state index in [2.05, 4.69) is 31.0 Å². The van der Waals surface area contributed by atoms with E-state index in [9.17, 15) is 10.1 Å². The molecule has 0 spiro atoms. The molecular formula is C27H34N4O3. The second-order valence-electron chi connectivity index (χ2n) is 8.37. The fraction of sp³-hybridized carbons (Fsp3) is 0.370. The van der Waals surface area contributed by atoms with Gasteiger partial charge in [-0.1, -0.05) is 19.9 Å². The molecule has 0 amide bonds. The molecule has 0 aliphatic heterocycles. The average molecular weight is 463 g/mol. The largest absolute Gasteiger partial charge is 0.497 e. The molecule has 0 aliphatic carbocycles. The van der Waals surface area contributed by atoms with Crippen LogP contribution in [-0.4, -0.2) is 47.6 Å². The van der Waals surface area contributed by atoms with Crippen molar-refractivity contribution in [2.24, 2.45) is 0 Å². The molecule has 0 saturated carbocycles. The highest BCUT2D eigenvalue weighted by Gasteiger charge is 2.10. The number of methoxy groups -OCH3 is 1. The fourth-order valence-corrected chi connectivity index (χ4v) is 3.94. The van der Waals surface area contributed by atoms with Gasteiger partial charge in [0.25, 0.3) is 5.69 Å². The highest BCUT2D eigenvalue weighted by molar-refractivity contribution is 5.94. The third-order valence-electron chi connectivity index (χ3n) is 5.99. The molecule has 0 bridgehead atoms. The second kappa shape index (κ2) is 12.1. The quantitative estimate of drug-likeness (QED) is 0.253. The highest BCUT2D eigenvalue weighted by atomic mass is 16.6. The Bertz CT molecular complexity index is 1120. The lowest BCUT2D eigenvalue weighted by Crippen LogP contribution is -2.25. The zero-order chi connectivity index (χ0) is 24.5. The number of nitro benzene ring substituents is 1. The van der Waals surface area contributed by atoms with Crippen molar-refractivity contribution in [3.05, 3.63) is 69.9 Å². The van der Waals surface area contributed by atoms with Gasteiger partial charge in [0.05, 0.1) is 23.2 Å². The van der Waals surface area contributed by atoms with Gasteiger partial charge in [0.1, 0.15) is 5.75 Å². The van der Waals surface area contributed by atoms with Crippen molar-refractivity contribution < 1.29 is 9.66 Å². The predicted octanol–water partition coefficient (Wildman–Crippen LogP) is 6.24. The van der Waals surface area contributed by atoms with Crippen molar-refractivity contribution in [2.45, 2.75) is 39.7 Å². The number of ether oxygens (including phenoxy) is 1. The van der Waals surface area contributed by atoms with Crippen LogP contribution in [0, 0.1) is 10.1 Å². The number of rotatable bonds is 12. The molecule has 7 nitrogen and oxygen atoms in total. The SMILES string of the molecule is CCN(CC)CCCC(C)Nc1cc(/C=C/c2ccc([N+](=O)[O-])cc2)nc2ccc(OC)cc12. The zero-order valence-electron chi connectivity index (χ0n) is 20.5. The van der Waals surface area contributed by atoms with E-state index in [0.717, 1.165) is 66.1 Å². The van der Waals surface area contributed by atoms with Crippen LogP contribution in [0.4, 0.5) is 11.4 Å². The first-order chi connectivity index (χ1) is 16.4. The molecule has 1 heterocycles. The highest BCUT2D eigenvalue weighted by Crippen LogP contribution is 2.29. The summed E-state index contributed by atoms with van der Waals surface area (Å²) >= 11 is 0. The molecule has 0 saturated heterocycles. The number of fused-ring (bicyclic) bond motifs is 1. The van der Waals surface area contributed by atoms with E-state index in [0.29, 0.717) is 6.04 Å². The van der Waals surface area contributed by atoms with Crippen molar-refractivity contribution in [1.82, 2.24) is 9.88 Å². The number of non-ortho nitro benzene ring substituents is 1. The maximum atomic E-state index is 10.9. The van der Waals surface area contributed by atoms with Crippen molar-refractivity contribution in [3.8, 4) is 5.75 Å². The lowest BCUT2D eigenvalue weighted by molar-refractivity contribution is -0.384. The third kappa shape index (κ3) is 6.78. The second-order valence-corrected chi connectivity index (χ2v) is 8.37. The Morgan fingerprint density at radius 2 is 1.85 bits per heavy atom. The summed E-state index contributed by atoms with van der Waals surface area (Å²) in [6.45, 7) is 9.88. The summed E-state index contributed by atoms with van der Waals surface area (Å²) in [5, 5.41) is 15.6. The van der Waals surface area contributed by atoms with E-state index in [4.69, 9.17) is 9.72 Å². The molecule has 1 unspecified atom stereocenters. The number of anilines is 1. The summed E-state index contributed by atoms with van der Waals surface area (Å²) in [5.74, 6) is 0.792. The van der Waals surface area contributed by atoms with Crippen LogP contribution >= 0.6 is 0 Å². The molecule has 1 atom stereocenters. The predicted molar refractivity (Wildman–Crippen MR) is 140 cm³/mol. The Morgan fingerprint density at radius 1 is 1.12 bits per heavy atom. The van der Waals surface area contributed by atoms with Crippen LogP contribution in [-0.2, 0) is 0 Å². The van der Waals surface area contributed by atoms with E-state index in [1.807, 2.05) is 36.4 Å². The lowest BCUT2D eigenvalue weighted by atomic mass is 10.1. The number of benzene rings is 2. The number of aromatic nitrogens is 1. The van der Waals surface area contributed by atoms with E-state index < -0.39 is 4.92 Å². The summed E-state index contributed by atoms with van der Waals surface area (Å²) in [6.07, 6.45) is 6.05. The van der Waals surface area contributed by atoms with Gasteiger partial charge in [-0.2, -0.15) is 0 Å². The van der Waals surface area contributed by atoms with Crippen molar-refractivity contribution >= 4 is 34.4 Å². The maximum Gasteiger partial charge on any atom is 0.269 e. The van der Waals surface area contributed by atoms with Crippen molar-refractivity contribution in [3.63, 3.8) is 0 Å². The van der Waals surface area contributed by atoms with Crippen LogP contribution in [0.25, 0.3) is 23.1 Å². The van der Waals surface area contributed by atoms with Crippen LogP contribution in [0.15, 0.2) is 48.5 Å². The van der Waals surface area contributed by atoms with Gasteiger partial charge in [-0.05, 0) is 87.4 Å². The van der Waals surface area contributed by atoms with Crippen LogP contribution < -0.4 is 10.1 Å². The van der Waals surface area contributed by atoms with Crippen LogP contribution in [0.3, 0.4) is 0 Å². The first-order valence-electron chi connectivity index (χ1n) is 11.8. The van der Waals surface area contributed by atoms with Crippen LogP contribution in [0.5, 0.6) is 5.75 Å². The monoisotopic (exact) mass is 462 g/mol. The Hall–Kier alpha value is -3.45. The first-order valence-corrected chi connectivity index (χ1v) is 11.8. The van der Waals surface area contributed by atoms with E-state index in [1.54, 1.807) is 19.2 Å². The smallest absolute Gasteiger partial charge is 0.269 e. The van der Waals surface area contributed by atoms with Gasteiger partial charge in [-0.3, -0.25) is 10.1 Å². The molecule has 2 aromatic carbocycles. The topological polar surface area (TPSA) is 80.5 Å². The summed E-state index contributed by atoms with van der Waals surface area (Å²) in [4.78, 5) is 17.7. The van der Waals surface area contributed by atoms with Crippen LogP contribution in [0.2, 0.25) is 0 Å². The van der Waals surface area contributed by atoms with E-state index in [-0.39, 0.29) is 5.69 Å². The van der Waals surface area contributed by atoms with Crippen molar-refractivity contribution in [2.75, 3.05) is 32.1 Å². The van der Waals surface area contributed by atoms with Gasteiger partial charge in [-0.25, -0.2) is 4.98 Å². The zero-order valence-corrected chi connectivity index (χ0v) is 20.5. The van der Waals surface area contributed by atoms with Gasteiger partial charge in [0.15, 0.2) is 0 Å². The molecule has 1 N–H and O–H groups in total. The van der Waals surface area contributed by atoms with Gasteiger partial charge in [-0.15, -0.1) is 0 Å². The van der Waals surface area contributed by atoms with Gasteiger partial charge in [0.2, 0.25) is 0 Å². The molecule has 1 aromatic heterocycles. The first kappa shape index (κ1) is 25.2. The van der Waals surface area contributed by atoms with Crippen molar-refractivity contribution in [1.29, 1.82) is 0 Å². The minimum absolute atomic E-state index is 0.0800. The van der Waals surface area contributed by atoms with Crippen LogP contribution in [0.1, 0.15) is 44.9 Å². The van der Waals surface area contributed by atoms with Gasteiger partial charge < -0.3 is 15.0 Å². The Kier molecular flexibility index (Phi) is 8.99. The molecule has 0 aliphatic rings. The number of nitrogens with one attached hydrogen (secondary N) is 1. The maximum absolute atomic E-state index is 10.9. The van der Waals surface area contributed by atoms with Gasteiger partial charge in [0, 0.05) is 29.2 Å². The molecule has 3 rings (SSSR count). The van der Waals surface area contributed by atoms with E-state index >= 15 is 0 Å². The number of hydrogen-bond acceptors (Lipinski definition) is 6. The third-order valence-corrected chi connectivity index (χ3v) is 5.99. The Morgan fingerprint density at radius 3 is 2.50 bits per heavy atom. The minimum atomic E-state index is -0.395. The number of nitrogens with zero attached hydrogens (tertiary/aromatic N) is 3.